The third-order valence-electron chi connectivity index (χ3n) is 8.73. The molecule has 2 amide bonds. The number of pyridine rings is 1. The standard InChI is InChI=1S/C33H37FN6O4/c1-20-16-21(10-13-35-20)31-25-17-22(6-8-28(25)37-38-31)32(42)36-23-7-9-29(33(43)39-14-11-24(41)12-15-39)40(18-23)19-26-27(34)4-3-5-30(26)44-2/h3-6,8,10,13,16-17,23-24,29,41H,7,9,11-12,14-15,18-19H2,1-2H3,(H,36,42)(H,37,38)/t23-,29+/m1/s1. The Morgan fingerprint density at radius 1 is 1.11 bits per heavy atom. The Hall–Kier alpha value is -4.35. The molecule has 10 nitrogen and oxygen atoms in total. The lowest BCUT2D eigenvalue weighted by Crippen LogP contribution is -2.57. The number of aryl methyl sites for hydroxylation is 1. The highest BCUT2D eigenvalue weighted by Gasteiger charge is 2.37. The van der Waals surface area contributed by atoms with Crippen molar-refractivity contribution in [2.24, 2.45) is 0 Å². The highest BCUT2D eigenvalue weighted by Crippen LogP contribution is 2.30. The molecule has 0 saturated carbocycles. The summed E-state index contributed by atoms with van der Waals surface area (Å²) < 4.78 is 20.5. The first-order valence-electron chi connectivity index (χ1n) is 15.0. The van der Waals surface area contributed by atoms with Crippen LogP contribution in [0.1, 0.15) is 47.3 Å². The molecule has 6 rings (SSSR count). The maximum atomic E-state index is 15.0. The number of rotatable bonds is 7. The van der Waals surface area contributed by atoms with Crippen molar-refractivity contribution in [3.05, 3.63) is 77.4 Å². The van der Waals surface area contributed by atoms with Crippen LogP contribution in [0.2, 0.25) is 0 Å². The number of benzene rings is 2. The fraction of sp³-hybridized carbons (Fsp3) is 0.394. The molecule has 2 atom stereocenters. The van der Waals surface area contributed by atoms with E-state index in [9.17, 15) is 14.7 Å². The number of amides is 2. The van der Waals surface area contributed by atoms with Gasteiger partial charge in [-0.25, -0.2) is 4.39 Å². The number of aromatic nitrogens is 3. The summed E-state index contributed by atoms with van der Waals surface area (Å²) in [6.07, 6.45) is 3.53. The topological polar surface area (TPSA) is 124 Å². The molecule has 2 fully saturated rings. The molecule has 2 aliphatic rings. The van der Waals surface area contributed by atoms with Gasteiger partial charge in [0, 0.05) is 66.2 Å². The Morgan fingerprint density at radius 2 is 1.93 bits per heavy atom. The number of methoxy groups -OCH3 is 1. The average Bonchev–Trinajstić information content (AvgIpc) is 3.46. The number of nitrogens with one attached hydrogen (secondary N) is 2. The van der Waals surface area contributed by atoms with E-state index < -0.39 is 18.0 Å². The number of aromatic amines is 1. The number of H-pyrrole nitrogens is 1. The first-order valence-corrected chi connectivity index (χ1v) is 15.0. The number of carbonyl (C=O) groups is 2. The van der Waals surface area contributed by atoms with Crippen molar-refractivity contribution >= 4 is 22.7 Å². The van der Waals surface area contributed by atoms with Crippen LogP contribution in [0.15, 0.2) is 54.7 Å². The van der Waals surface area contributed by atoms with Crippen LogP contribution in [0.4, 0.5) is 4.39 Å². The highest BCUT2D eigenvalue weighted by atomic mass is 19.1. The van der Waals surface area contributed by atoms with Crippen molar-refractivity contribution in [2.45, 2.75) is 57.3 Å². The molecule has 2 aromatic carbocycles. The summed E-state index contributed by atoms with van der Waals surface area (Å²) in [6.45, 7) is 3.43. The molecule has 4 aromatic rings. The number of aliphatic hydroxyl groups is 1. The number of hydrogen-bond donors (Lipinski definition) is 3. The molecule has 2 aliphatic heterocycles. The van der Waals surface area contributed by atoms with Gasteiger partial charge in [0.2, 0.25) is 5.91 Å². The number of fused-ring (bicyclic) bond motifs is 1. The van der Waals surface area contributed by atoms with Crippen LogP contribution in [0.25, 0.3) is 22.2 Å². The lowest BCUT2D eigenvalue weighted by molar-refractivity contribution is -0.141. The van der Waals surface area contributed by atoms with Crippen molar-refractivity contribution in [1.29, 1.82) is 0 Å². The lowest BCUT2D eigenvalue weighted by Gasteiger charge is -2.42. The van der Waals surface area contributed by atoms with Gasteiger partial charge in [0.15, 0.2) is 0 Å². The Labute approximate surface area is 255 Å². The summed E-state index contributed by atoms with van der Waals surface area (Å²) in [5.74, 6) is -0.247. The van der Waals surface area contributed by atoms with Crippen LogP contribution in [0.5, 0.6) is 5.75 Å². The van der Waals surface area contributed by atoms with Crippen molar-refractivity contribution in [1.82, 2.24) is 30.3 Å². The van der Waals surface area contributed by atoms with Gasteiger partial charge in [-0.2, -0.15) is 5.10 Å². The molecule has 2 saturated heterocycles. The third-order valence-corrected chi connectivity index (χ3v) is 8.73. The molecule has 44 heavy (non-hydrogen) atoms. The largest absolute Gasteiger partial charge is 0.496 e. The zero-order valence-corrected chi connectivity index (χ0v) is 24.9. The zero-order valence-electron chi connectivity index (χ0n) is 24.9. The minimum absolute atomic E-state index is 0.0266. The number of ether oxygens (including phenoxy) is 1. The van der Waals surface area contributed by atoms with Crippen LogP contribution in [0, 0.1) is 12.7 Å². The molecule has 2 aromatic heterocycles. The van der Waals surface area contributed by atoms with E-state index in [-0.39, 0.29) is 24.4 Å². The zero-order chi connectivity index (χ0) is 30.8. The normalized spacial score (nSPS) is 19.7. The fourth-order valence-corrected chi connectivity index (χ4v) is 6.34. The smallest absolute Gasteiger partial charge is 0.251 e. The monoisotopic (exact) mass is 600 g/mol. The Kier molecular flexibility index (Phi) is 8.58. The number of hydrogen-bond acceptors (Lipinski definition) is 7. The second-order valence-corrected chi connectivity index (χ2v) is 11.7. The predicted molar refractivity (Wildman–Crippen MR) is 164 cm³/mol. The average molecular weight is 601 g/mol. The minimum Gasteiger partial charge on any atom is -0.496 e. The van der Waals surface area contributed by atoms with E-state index >= 15 is 4.39 Å². The van der Waals surface area contributed by atoms with Crippen LogP contribution in [0.3, 0.4) is 0 Å². The Bertz CT molecular complexity index is 1670. The van der Waals surface area contributed by atoms with Gasteiger partial charge in [-0.05, 0) is 75.1 Å². The molecule has 0 radical (unpaired) electrons. The van der Waals surface area contributed by atoms with Gasteiger partial charge in [-0.15, -0.1) is 0 Å². The molecular formula is C33H37FN6O4. The summed E-state index contributed by atoms with van der Waals surface area (Å²) in [6, 6.07) is 13.2. The maximum Gasteiger partial charge on any atom is 0.251 e. The molecule has 0 aliphatic carbocycles. The first kappa shape index (κ1) is 29.7. The number of carbonyl (C=O) groups excluding carboxylic acids is 2. The van der Waals surface area contributed by atoms with Crippen LogP contribution in [-0.4, -0.2) is 86.8 Å². The Morgan fingerprint density at radius 3 is 2.70 bits per heavy atom. The van der Waals surface area contributed by atoms with E-state index in [1.54, 1.807) is 29.3 Å². The van der Waals surface area contributed by atoms with Crippen molar-refractivity contribution in [2.75, 3.05) is 26.7 Å². The summed E-state index contributed by atoms with van der Waals surface area (Å²) in [7, 11) is 1.50. The lowest BCUT2D eigenvalue weighted by atomic mass is 9.94. The summed E-state index contributed by atoms with van der Waals surface area (Å²) in [4.78, 5) is 35.3. The molecular weight excluding hydrogens is 563 g/mol. The number of nitrogens with zero attached hydrogens (tertiary/aromatic N) is 4. The number of piperidine rings is 2. The van der Waals surface area contributed by atoms with Gasteiger partial charge in [0.05, 0.1) is 24.8 Å². The highest BCUT2D eigenvalue weighted by molar-refractivity contribution is 6.01. The second kappa shape index (κ2) is 12.7. The third kappa shape index (κ3) is 6.15. The summed E-state index contributed by atoms with van der Waals surface area (Å²) in [5, 5.41) is 21.5. The molecule has 4 heterocycles. The van der Waals surface area contributed by atoms with E-state index in [0.717, 1.165) is 27.9 Å². The van der Waals surface area contributed by atoms with Gasteiger partial charge in [0.1, 0.15) is 17.3 Å². The number of aliphatic hydroxyl groups excluding tert-OH is 1. The maximum absolute atomic E-state index is 15.0. The first-order chi connectivity index (χ1) is 21.3. The summed E-state index contributed by atoms with van der Waals surface area (Å²) in [5.41, 5.74) is 4.22. The quantitative estimate of drug-likeness (QED) is 0.295. The molecule has 0 bridgehead atoms. The molecule has 0 unspecified atom stereocenters. The molecule has 3 N–H and O–H groups in total. The molecule has 11 heteroatoms. The summed E-state index contributed by atoms with van der Waals surface area (Å²) >= 11 is 0. The van der Waals surface area contributed by atoms with Crippen LogP contribution >= 0.6 is 0 Å². The van der Waals surface area contributed by atoms with Gasteiger partial charge in [-0.3, -0.25) is 24.6 Å². The van der Waals surface area contributed by atoms with E-state index in [4.69, 9.17) is 4.74 Å². The number of halogens is 1. The van der Waals surface area contributed by atoms with Gasteiger partial charge >= 0.3 is 0 Å². The number of likely N-dealkylation sites (tertiary alicyclic amines) is 2. The SMILES string of the molecule is COc1cccc(F)c1CN1C[C@H](NC(=O)c2ccc3[nH]nc(-c4ccnc(C)c4)c3c2)CC[C@H]1C(=O)N1CCC(O)CC1. The second-order valence-electron chi connectivity index (χ2n) is 11.7. The predicted octanol–water partition coefficient (Wildman–Crippen LogP) is 3.83. The van der Waals surface area contributed by atoms with E-state index in [2.05, 4.69) is 20.5 Å². The van der Waals surface area contributed by atoms with E-state index in [0.29, 0.717) is 62.2 Å². The Balaban J connectivity index is 1.22. The van der Waals surface area contributed by atoms with Crippen LogP contribution < -0.4 is 10.1 Å². The van der Waals surface area contributed by atoms with Gasteiger partial charge in [-0.1, -0.05) is 6.07 Å². The van der Waals surface area contributed by atoms with Crippen molar-refractivity contribution < 1.29 is 23.8 Å². The van der Waals surface area contributed by atoms with Gasteiger partial charge < -0.3 is 20.1 Å². The minimum atomic E-state index is -0.476. The van der Waals surface area contributed by atoms with E-state index in [1.165, 1.54) is 13.2 Å². The van der Waals surface area contributed by atoms with Crippen LogP contribution in [-0.2, 0) is 11.3 Å². The van der Waals surface area contributed by atoms with E-state index in [1.807, 2.05) is 36.1 Å². The molecule has 230 valence electrons. The fourth-order valence-electron chi connectivity index (χ4n) is 6.34. The molecule has 0 spiro atoms. The van der Waals surface area contributed by atoms with Crippen molar-refractivity contribution in [3.8, 4) is 17.0 Å². The van der Waals surface area contributed by atoms with Gasteiger partial charge in [0.25, 0.3) is 5.91 Å². The van der Waals surface area contributed by atoms with Crippen molar-refractivity contribution in [3.63, 3.8) is 0 Å².